The summed E-state index contributed by atoms with van der Waals surface area (Å²) in [5.41, 5.74) is 0.993. The molecule has 0 saturated carbocycles. The Morgan fingerprint density at radius 3 is 2.10 bits per heavy atom. The first-order valence-electron chi connectivity index (χ1n) is 9.55. The van der Waals surface area contributed by atoms with Gasteiger partial charge in [-0.3, -0.25) is 0 Å². The van der Waals surface area contributed by atoms with Crippen molar-refractivity contribution in [2.45, 2.75) is 26.9 Å². The van der Waals surface area contributed by atoms with Gasteiger partial charge in [0.2, 0.25) is 5.75 Å². The Balaban J connectivity index is 1.95. The van der Waals surface area contributed by atoms with Gasteiger partial charge in [0.1, 0.15) is 22.7 Å². The first-order valence-corrected chi connectivity index (χ1v) is 9.55. The summed E-state index contributed by atoms with van der Waals surface area (Å²) in [6.07, 6.45) is -0.280. The molecule has 3 rings (SSSR count). The minimum absolute atomic E-state index is 0.206. The van der Waals surface area contributed by atoms with Gasteiger partial charge in [-0.1, -0.05) is 0 Å². The van der Waals surface area contributed by atoms with Gasteiger partial charge in [-0.2, -0.15) is 0 Å². The largest absolute Gasteiger partial charge is 0.493 e. The standard InChI is InChI=1S/C23H24O8/c1-12(2)29-23(25)20-13(3)30-17-8-7-15(11-16(17)20)31-22(24)14-9-18(26-4)21(28-6)19(10-14)27-5/h7-12H,1-6H3. The lowest BCUT2D eigenvalue weighted by molar-refractivity contribution is 0.0378. The Morgan fingerprint density at radius 1 is 0.903 bits per heavy atom. The van der Waals surface area contributed by atoms with E-state index in [0.717, 1.165) is 0 Å². The number of hydrogen-bond acceptors (Lipinski definition) is 8. The van der Waals surface area contributed by atoms with Gasteiger partial charge in [0, 0.05) is 5.39 Å². The lowest BCUT2D eigenvalue weighted by atomic mass is 10.1. The van der Waals surface area contributed by atoms with Crippen LogP contribution in [0.25, 0.3) is 11.0 Å². The maximum Gasteiger partial charge on any atom is 0.343 e. The van der Waals surface area contributed by atoms with Crippen molar-refractivity contribution >= 4 is 22.9 Å². The molecule has 8 nitrogen and oxygen atoms in total. The SMILES string of the molecule is COc1cc(C(=O)Oc2ccc3oc(C)c(C(=O)OC(C)C)c3c2)cc(OC)c1OC. The van der Waals surface area contributed by atoms with E-state index in [4.69, 9.17) is 28.1 Å². The van der Waals surface area contributed by atoms with Crippen LogP contribution in [0.1, 0.15) is 40.3 Å². The summed E-state index contributed by atoms with van der Waals surface area (Å²) in [6, 6.07) is 7.77. The first-order chi connectivity index (χ1) is 14.8. The monoisotopic (exact) mass is 428 g/mol. The van der Waals surface area contributed by atoms with Crippen molar-refractivity contribution < 1.29 is 37.7 Å². The predicted octanol–water partition coefficient (Wildman–Crippen LogP) is 4.55. The van der Waals surface area contributed by atoms with Crippen molar-refractivity contribution in [2.24, 2.45) is 0 Å². The maximum atomic E-state index is 12.8. The maximum absolute atomic E-state index is 12.8. The van der Waals surface area contributed by atoms with E-state index in [0.29, 0.717) is 39.5 Å². The highest BCUT2D eigenvalue weighted by atomic mass is 16.5. The Labute approximate surface area is 179 Å². The summed E-state index contributed by atoms with van der Waals surface area (Å²) in [6.45, 7) is 5.21. The van der Waals surface area contributed by atoms with Crippen LogP contribution in [0.3, 0.4) is 0 Å². The highest BCUT2D eigenvalue weighted by Crippen LogP contribution is 2.38. The van der Waals surface area contributed by atoms with Crippen LogP contribution in [-0.2, 0) is 4.74 Å². The Morgan fingerprint density at radius 2 is 1.55 bits per heavy atom. The molecule has 0 aliphatic carbocycles. The van der Waals surface area contributed by atoms with Crippen LogP contribution in [0.15, 0.2) is 34.7 Å². The number of ether oxygens (including phenoxy) is 5. The molecule has 164 valence electrons. The molecule has 0 N–H and O–H groups in total. The van der Waals surface area contributed by atoms with Crippen molar-refractivity contribution in [1.29, 1.82) is 0 Å². The molecule has 0 aliphatic heterocycles. The van der Waals surface area contributed by atoms with Crippen LogP contribution in [0.4, 0.5) is 0 Å². The van der Waals surface area contributed by atoms with Gasteiger partial charge in [0.25, 0.3) is 0 Å². The fourth-order valence-corrected chi connectivity index (χ4v) is 3.15. The number of carbonyl (C=O) groups is 2. The molecular weight excluding hydrogens is 404 g/mol. The van der Waals surface area contributed by atoms with E-state index >= 15 is 0 Å². The van der Waals surface area contributed by atoms with Crippen molar-refractivity contribution in [3.05, 3.63) is 47.2 Å². The third-order valence-electron chi connectivity index (χ3n) is 4.49. The average Bonchev–Trinajstić information content (AvgIpc) is 3.06. The average molecular weight is 428 g/mol. The van der Waals surface area contributed by atoms with Gasteiger partial charge in [0.15, 0.2) is 11.5 Å². The Bertz CT molecular complexity index is 1100. The summed E-state index contributed by atoms with van der Waals surface area (Å²) in [5, 5.41) is 0.498. The molecule has 0 bridgehead atoms. The molecule has 1 aromatic heterocycles. The van der Waals surface area contributed by atoms with E-state index < -0.39 is 11.9 Å². The van der Waals surface area contributed by atoms with Crippen LogP contribution in [0, 0.1) is 6.92 Å². The van der Waals surface area contributed by atoms with Crippen LogP contribution in [0.5, 0.6) is 23.0 Å². The topological polar surface area (TPSA) is 93.4 Å². The smallest absolute Gasteiger partial charge is 0.343 e. The second-order valence-electron chi connectivity index (χ2n) is 6.95. The number of aryl methyl sites for hydroxylation is 1. The molecule has 3 aromatic rings. The minimum Gasteiger partial charge on any atom is -0.493 e. The van der Waals surface area contributed by atoms with Crippen molar-refractivity contribution in [3.63, 3.8) is 0 Å². The summed E-state index contributed by atoms with van der Waals surface area (Å²) >= 11 is 0. The molecule has 0 spiro atoms. The first kappa shape index (κ1) is 22.0. The predicted molar refractivity (Wildman–Crippen MR) is 113 cm³/mol. The molecule has 2 aromatic carbocycles. The normalized spacial score (nSPS) is 10.8. The van der Waals surface area contributed by atoms with Gasteiger partial charge in [0.05, 0.1) is 33.0 Å². The van der Waals surface area contributed by atoms with E-state index in [1.165, 1.54) is 33.5 Å². The molecule has 0 amide bonds. The second-order valence-corrected chi connectivity index (χ2v) is 6.95. The zero-order valence-electron chi connectivity index (χ0n) is 18.2. The van der Waals surface area contributed by atoms with E-state index in [9.17, 15) is 9.59 Å². The quantitative estimate of drug-likeness (QED) is 0.400. The molecule has 8 heteroatoms. The number of benzene rings is 2. The minimum atomic E-state index is -0.634. The Hall–Kier alpha value is -3.68. The summed E-state index contributed by atoms with van der Waals surface area (Å²) in [7, 11) is 4.39. The van der Waals surface area contributed by atoms with E-state index in [1.54, 1.807) is 39.0 Å². The number of esters is 2. The number of hydrogen-bond donors (Lipinski definition) is 0. The summed E-state index contributed by atoms with van der Waals surface area (Å²) in [5.74, 6) is 0.552. The molecule has 0 radical (unpaired) electrons. The summed E-state index contributed by atoms with van der Waals surface area (Å²) < 4.78 is 32.3. The van der Waals surface area contributed by atoms with Crippen LogP contribution in [-0.4, -0.2) is 39.4 Å². The lowest BCUT2D eigenvalue weighted by Crippen LogP contribution is -2.12. The van der Waals surface area contributed by atoms with Gasteiger partial charge in [-0.15, -0.1) is 0 Å². The number of methoxy groups -OCH3 is 3. The molecule has 0 saturated heterocycles. The zero-order valence-corrected chi connectivity index (χ0v) is 18.2. The Kier molecular flexibility index (Phi) is 6.39. The molecule has 1 heterocycles. The highest BCUT2D eigenvalue weighted by molar-refractivity contribution is 6.05. The second kappa shape index (κ2) is 8.99. The third-order valence-corrected chi connectivity index (χ3v) is 4.49. The molecule has 0 fully saturated rings. The fourth-order valence-electron chi connectivity index (χ4n) is 3.15. The summed E-state index contributed by atoms with van der Waals surface area (Å²) in [4.78, 5) is 25.2. The number of furan rings is 1. The molecule has 0 aliphatic rings. The van der Waals surface area contributed by atoms with Gasteiger partial charge < -0.3 is 28.1 Å². The van der Waals surface area contributed by atoms with Crippen molar-refractivity contribution in [1.82, 2.24) is 0 Å². The third kappa shape index (κ3) is 4.42. The zero-order chi connectivity index (χ0) is 22.7. The molecule has 0 atom stereocenters. The van der Waals surface area contributed by atoms with Gasteiger partial charge in [-0.05, 0) is 51.1 Å². The number of rotatable bonds is 7. The lowest BCUT2D eigenvalue weighted by Gasteiger charge is -2.13. The molecule has 0 unspecified atom stereocenters. The van der Waals surface area contributed by atoms with E-state index in [2.05, 4.69) is 0 Å². The van der Waals surface area contributed by atoms with E-state index in [-0.39, 0.29) is 17.4 Å². The van der Waals surface area contributed by atoms with Crippen LogP contribution >= 0.6 is 0 Å². The fraction of sp³-hybridized carbons (Fsp3) is 0.304. The van der Waals surface area contributed by atoms with Crippen LogP contribution in [0.2, 0.25) is 0 Å². The van der Waals surface area contributed by atoms with Crippen molar-refractivity contribution in [2.75, 3.05) is 21.3 Å². The number of fused-ring (bicyclic) bond motifs is 1. The van der Waals surface area contributed by atoms with Gasteiger partial charge in [-0.25, -0.2) is 9.59 Å². The molecule has 31 heavy (non-hydrogen) atoms. The highest BCUT2D eigenvalue weighted by Gasteiger charge is 2.22. The molecular formula is C23H24O8. The van der Waals surface area contributed by atoms with E-state index in [1.807, 2.05) is 0 Å². The van der Waals surface area contributed by atoms with Crippen LogP contribution < -0.4 is 18.9 Å². The van der Waals surface area contributed by atoms with Gasteiger partial charge >= 0.3 is 11.9 Å². The van der Waals surface area contributed by atoms with Crippen molar-refractivity contribution in [3.8, 4) is 23.0 Å². The number of carbonyl (C=O) groups excluding carboxylic acids is 2.